The van der Waals surface area contributed by atoms with Crippen LogP contribution in [0.25, 0.3) is 22.2 Å². The van der Waals surface area contributed by atoms with Gasteiger partial charge in [-0.2, -0.15) is 9.97 Å². The van der Waals surface area contributed by atoms with Crippen LogP contribution in [0.2, 0.25) is 0 Å². The molecule has 252 valence electrons. The van der Waals surface area contributed by atoms with Crippen LogP contribution in [0, 0.1) is 18.2 Å². The number of rotatable bonds is 6. The van der Waals surface area contributed by atoms with Crippen molar-refractivity contribution in [2.45, 2.75) is 74.6 Å². The number of piperazine rings is 1. The number of hydrogen-bond donors (Lipinski definition) is 2. The minimum Gasteiger partial charge on any atom is -0.461 e. The average Bonchev–Trinajstić information content (AvgIpc) is 3.70. The molecule has 3 N–H and O–H groups in total. The molecule has 6 atom stereocenters. The van der Waals surface area contributed by atoms with Gasteiger partial charge in [-0.3, -0.25) is 4.90 Å². The number of pyridine rings is 1. The summed E-state index contributed by atoms with van der Waals surface area (Å²) in [5.74, 6) is 0.826. The highest BCUT2D eigenvalue weighted by Gasteiger charge is 2.53. The van der Waals surface area contributed by atoms with E-state index in [1.54, 1.807) is 0 Å². The zero-order valence-corrected chi connectivity index (χ0v) is 26.8. The Kier molecular flexibility index (Phi) is 7.36. The number of hydrogen-bond acceptors (Lipinski definition) is 9. The van der Waals surface area contributed by atoms with Gasteiger partial charge in [-0.05, 0) is 56.7 Å². The molecule has 4 fully saturated rings. The molecule has 2 bridgehead atoms. The van der Waals surface area contributed by atoms with E-state index >= 15 is 13.2 Å². The van der Waals surface area contributed by atoms with Crippen molar-refractivity contribution < 1.29 is 27.0 Å². The number of nitrogens with one attached hydrogen (secondary N) is 1. The molecule has 13 heteroatoms. The van der Waals surface area contributed by atoms with Crippen LogP contribution in [0.1, 0.15) is 67.6 Å². The van der Waals surface area contributed by atoms with Gasteiger partial charge in [0.15, 0.2) is 11.5 Å². The first-order chi connectivity index (χ1) is 23.0. The summed E-state index contributed by atoms with van der Waals surface area (Å²) in [5, 5.41) is 4.00. The Morgan fingerprint density at radius 2 is 1.90 bits per heavy atom. The Labute approximate surface area is 275 Å². The van der Waals surface area contributed by atoms with E-state index in [4.69, 9.17) is 26.6 Å². The first kappa shape index (κ1) is 31.3. The molecule has 1 aromatic carbocycles. The molecule has 0 saturated carbocycles. The third kappa shape index (κ3) is 4.75. The van der Waals surface area contributed by atoms with Crippen LogP contribution in [0.4, 0.5) is 29.2 Å². The van der Waals surface area contributed by atoms with Crippen molar-refractivity contribution in [1.82, 2.24) is 25.2 Å². The van der Waals surface area contributed by atoms with Gasteiger partial charge >= 0.3 is 6.01 Å². The molecule has 9 nitrogen and oxygen atoms in total. The smallest absolute Gasteiger partial charge is 0.319 e. The summed E-state index contributed by atoms with van der Waals surface area (Å²) in [6.45, 7) is 3.56. The molecule has 0 amide bonds. The van der Waals surface area contributed by atoms with Gasteiger partial charge < -0.3 is 25.4 Å². The Morgan fingerprint density at radius 1 is 1.12 bits per heavy atom. The fraction of sp³-hybridized carbons (Fsp3) is 0.514. The van der Waals surface area contributed by atoms with Crippen molar-refractivity contribution >= 4 is 33.8 Å². The van der Waals surface area contributed by atoms with Crippen molar-refractivity contribution in [2.24, 2.45) is 0 Å². The molecule has 4 unspecified atom stereocenters. The second-order valence-corrected chi connectivity index (χ2v) is 13.9. The SMILES string of the molecule is C#Cc1c(F)ccc2cc(N)nc(C3=C(F)c4nc(OC[C@@]56CCCN5C[C@H](F)C6)nc(N5CC6CCC(C5)N6)c4C(OC)C3(C)F)c12. The molecule has 0 radical (unpaired) electrons. The first-order valence-electron chi connectivity index (χ1n) is 16.5. The molecule has 4 aliphatic heterocycles. The van der Waals surface area contributed by atoms with Gasteiger partial charge in [0.1, 0.15) is 42.0 Å². The predicted molar refractivity (Wildman–Crippen MR) is 174 cm³/mol. The third-order valence-electron chi connectivity index (χ3n) is 10.9. The molecule has 3 aromatic rings. The summed E-state index contributed by atoms with van der Waals surface area (Å²) in [5.41, 5.74) is 2.04. The molecule has 8 rings (SSSR count). The monoisotopic (exact) mass is 663 g/mol. The second kappa shape index (κ2) is 11.3. The number of fused-ring (bicyclic) bond motifs is 5. The Balaban J connectivity index is 1.33. The number of methoxy groups -OCH3 is 1. The van der Waals surface area contributed by atoms with Gasteiger partial charge in [0.05, 0.1) is 27.9 Å². The number of nitrogen functional groups attached to an aromatic ring is 1. The quantitative estimate of drug-likeness (QED) is 0.282. The zero-order valence-electron chi connectivity index (χ0n) is 26.8. The Bertz CT molecular complexity index is 1880. The lowest BCUT2D eigenvalue weighted by atomic mass is 9.77. The molecule has 48 heavy (non-hydrogen) atoms. The first-order valence-corrected chi connectivity index (χ1v) is 16.5. The average molecular weight is 664 g/mol. The number of terminal acetylenes is 1. The lowest BCUT2D eigenvalue weighted by molar-refractivity contribution is 0.00153. The van der Waals surface area contributed by atoms with Crippen LogP contribution in [0.5, 0.6) is 6.01 Å². The number of nitrogens with zero attached hydrogens (tertiary/aromatic N) is 5. The largest absolute Gasteiger partial charge is 0.461 e. The van der Waals surface area contributed by atoms with Crippen molar-refractivity contribution in [2.75, 3.05) is 50.5 Å². The van der Waals surface area contributed by atoms with Crippen LogP contribution >= 0.6 is 0 Å². The van der Waals surface area contributed by atoms with Crippen LogP contribution in [0.3, 0.4) is 0 Å². The van der Waals surface area contributed by atoms with Crippen molar-refractivity contribution in [3.8, 4) is 18.4 Å². The van der Waals surface area contributed by atoms with Gasteiger partial charge in [-0.1, -0.05) is 12.0 Å². The Hall–Kier alpha value is -3.99. The zero-order chi connectivity index (χ0) is 33.5. The number of alkyl halides is 2. The van der Waals surface area contributed by atoms with E-state index in [9.17, 15) is 4.39 Å². The highest BCUT2D eigenvalue weighted by Crippen LogP contribution is 2.55. The summed E-state index contributed by atoms with van der Waals surface area (Å²) in [6.07, 6.45) is 7.30. The minimum absolute atomic E-state index is 0.0326. The molecule has 6 heterocycles. The van der Waals surface area contributed by atoms with E-state index in [0.29, 0.717) is 37.3 Å². The maximum absolute atomic E-state index is 17.6. The van der Waals surface area contributed by atoms with E-state index < -0.39 is 40.7 Å². The summed E-state index contributed by atoms with van der Waals surface area (Å²) in [4.78, 5) is 17.8. The highest BCUT2D eigenvalue weighted by molar-refractivity contribution is 6.05. The van der Waals surface area contributed by atoms with E-state index in [1.165, 1.54) is 32.2 Å². The van der Waals surface area contributed by atoms with E-state index in [1.807, 2.05) is 4.90 Å². The highest BCUT2D eigenvalue weighted by atomic mass is 19.2. The van der Waals surface area contributed by atoms with E-state index in [2.05, 4.69) is 26.1 Å². The minimum atomic E-state index is -2.56. The van der Waals surface area contributed by atoms with Gasteiger partial charge in [0.25, 0.3) is 0 Å². The normalized spacial score (nSPS) is 31.3. The fourth-order valence-electron chi connectivity index (χ4n) is 8.85. The van der Waals surface area contributed by atoms with Crippen LogP contribution in [0.15, 0.2) is 18.2 Å². The lowest BCUT2D eigenvalue weighted by Gasteiger charge is -2.41. The molecular weight excluding hydrogens is 626 g/mol. The molecule has 2 aromatic heterocycles. The standard InChI is InChI=1S/C35H37F4N7O2/c1-4-22-23(37)9-6-18-12-24(40)42-29(25(18)22)27-28(38)30-26(31(47-3)34(27,2)39)32(45-15-20-7-8-21(16-45)41-20)44-33(43-30)48-17-35-10-5-11-46(35)14-19(36)13-35/h1,6,9,12,19-21,31,41H,5,7-8,10-11,13-17H2,2-3H3,(H2,40,42)/t19-,20?,21?,31?,34?,35+/m1/s1. The van der Waals surface area contributed by atoms with Gasteiger partial charge in [0, 0.05) is 50.6 Å². The number of nitrogens with two attached hydrogens (primary N) is 1. The molecular formula is C35H37F4N7O2. The third-order valence-corrected chi connectivity index (χ3v) is 10.9. The molecule has 1 aliphatic carbocycles. The van der Waals surface area contributed by atoms with Crippen LogP contribution in [-0.2, 0) is 4.74 Å². The van der Waals surface area contributed by atoms with E-state index in [-0.39, 0.29) is 58.4 Å². The maximum Gasteiger partial charge on any atom is 0.319 e. The predicted octanol–water partition coefficient (Wildman–Crippen LogP) is 4.89. The van der Waals surface area contributed by atoms with Crippen molar-refractivity contribution in [3.63, 3.8) is 0 Å². The molecule has 5 aliphatic rings. The van der Waals surface area contributed by atoms with Gasteiger partial charge in [0.2, 0.25) is 0 Å². The van der Waals surface area contributed by atoms with Crippen LogP contribution < -0.4 is 20.7 Å². The summed E-state index contributed by atoms with van der Waals surface area (Å²) in [6, 6.07) is 4.35. The number of halogens is 4. The number of benzene rings is 1. The molecule has 4 saturated heterocycles. The van der Waals surface area contributed by atoms with Crippen molar-refractivity contribution in [1.29, 1.82) is 0 Å². The molecule has 0 spiro atoms. The van der Waals surface area contributed by atoms with E-state index in [0.717, 1.165) is 32.2 Å². The fourth-order valence-corrected chi connectivity index (χ4v) is 8.85. The van der Waals surface area contributed by atoms with Gasteiger partial charge in [-0.25, -0.2) is 22.5 Å². The maximum atomic E-state index is 17.6. The topological polar surface area (TPSA) is 102 Å². The number of anilines is 2. The summed E-state index contributed by atoms with van der Waals surface area (Å²) in [7, 11) is 1.33. The number of aromatic nitrogens is 3. The van der Waals surface area contributed by atoms with Gasteiger partial charge in [-0.15, -0.1) is 6.42 Å². The summed E-state index contributed by atoms with van der Waals surface area (Å²) >= 11 is 0. The lowest BCUT2D eigenvalue weighted by Crippen LogP contribution is -2.52. The summed E-state index contributed by atoms with van der Waals surface area (Å²) < 4.78 is 76.6. The number of ether oxygens (including phenoxy) is 2. The van der Waals surface area contributed by atoms with Crippen LogP contribution in [-0.4, -0.2) is 89.2 Å². The second-order valence-electron chi connectivity index (χ2n) is 13.9. The Morgan fingerprint density at radius 3 is 2.62 bits per heavy atom. The van der Waals surface area contributed by atoms with Crippen molar-refractivity contribution in [3.05, 3.63) is 46.5 Å².